The quantitative estimate of drug-likeness (QED) is 0.418. The number of benzene rings is 2. The van der Waals surface area contributed by atoms with Crippen LogP contribution in [0.15, 0.2) is 53.0 Å². The third-order valence-electron chi connectivity index (χ3n) is 3.06. The Balaban J connectivity index is 2.21. The Morgan fingerprint density at radius 2 is 1.76 bits per heavy atom. The molecule has 0 unspecified atom stereocenters. The van der Waals surface area contributed by atoms with Crippen LogP contribution in [0.4, 0.5) is 0 Å². The summed E-state index contributed by atoms with van der Waals surface area (Å²) in [5, 5.41) is 0. The minimum atomic E-state index is -0.347. The molecule has 0 saturated heterocycles. The zero-order chi connectivity index (χ0) is 15.4. The van der Waals surface area contributed by atoms with Gasteiger partial charge in [-0.25, -0.2) is 0 Å². The minimum Gasteiger partial charge on any atom is -0.496 e. The number of carbonyl (C=O) groups excluding carboxylic acids is 1. The van der Waals surface area contributed by atoms with Crippen LogP contribution < -0.4 is 4.74 Å². The zero-order valence-corrected chi connectivity index (χ0v) is 16.0. The number of hydrogen-bond donors (Lipinski definition) is 0. The van der Waals surface area contributed by atoms with Gasteiger partial charge in [-0.05, 0) is 33.6 Å². The third-order valence-corrected chi connectivity index (χ3v) is 6.39. The van der Waals surface area contributed by atoms with Crippen molar-refractivity contribution in [3.8, 4) is 5.75 Å². The molecule has 0 aromatic heterocycles. The van der Waals surface area contributed by atoms with Crippen LogP contribution in [0.2, 0.25) is 0 Å². The van der Waals surface area contributed by atoms with Crippen molar-refractivity contribution in [2.75, 3.05) is 7.11 Å². The van der Waals surface area contributed by atoms with Crippen LogP contribution in [0.25, 0.3) is 0 Å². The molecule has 0 fully saturated rings. The molecule has 2 aromatic rings. The Kier molecular flexibility index (Phi) is 6.02. The number of methoxy groups -OCH3 is 1. The van der Waals surface area contributed by atoms with Crippen molar-refractivity contribution >= 4 is 53.6 Å². The van der Waals surface area contributed by atoms with Crippen LogP contribution in [0.5, 0.6) is 5.75 Å². The SMILES string of the molecule is COc1ccc([C@@H](Br)[C@H](Br)C(=O)c2ccccc2)cc1Br. The molecule has 2 aromatic carbocycles. The summed E-state index contributed by atoms with van der Waals surface area (Å²) in [6, 6.07) is 15.0. The molecule has 0 bridgehead atoms. The molecule has 21 heavy (non-hydrogen) atoms. The van der Waals surface area contributed by atoms with Crippen LogP contribution in [-0.2, 0) is 0 Å². The molecule has 0 amide bonds. The van der Waals surface area contributed by atoms with Gasteiger partial charge in [-0.3, -0.25) is 4.79 Å². The van der Waals surface area contributed by atoms with E-state index in [1.165, 1.54) is 0 Å². The van der Waals surface area contributed by atoms with E-state index in [0.29, 0.717) is 5.56 Å². The van der Waals surface area contributed by atoms with Crippen molar-refractivity contribution in [1.82, 2.24) is 0 Å². The maximum atomic E-state index is 12.5. The summed E-state index contributed by atoms with van der Waals surface area (Å²) in [5.74, 6) is 0.809. The monoisotopic (exact) mass is 474 g/mol. The van der Waals surface area contributed by atoms with Crippen molar-refractivity contribution in [2.45, 2.75) is 9.65 Å². The van der Waals surface area contributed by atoms with E-state index in [9.17, 15) is 4.79 Å². The molecule has 0 aliphatic rings. The summed E-state index contributed by atoms with van der Waals surface area (Å²) in [7, 11) is 1.62. The molecule has 0 N–H and O–H groups in total. The van der Waals surface area contributed by atoms with Gasteiger partial charge < -0.3 is 4.74 Å². The Hall–Kier alpha value is -0.650. The van der Waals surface area contributed by atoms with Crippen LogP contribution >= 0.6 is 47.8 Å². The largest absolute Gasteiger partial charge is 0.496 e. The predicted molar refractivity (Wildman–Crippen MR) is 95.8 cm³/mol. The lowest BCUT2D eigenvalue weighted by Crippen LogP contribution is -2.19. The lowest BCUT2D eigenvalue weighted by molar-refractivity contribution is 0.0991. The lowest BCUT2D eigenvalue weighted by Gasteiger charge is -2.17. The van der Waals surface area contributed by atoms with Crippen LogP contribution in [0.1, 0.15) is 20.7 Å². The highest BCUT2D eigenvalue weighted by molar-refractivity contribution is 9.12. The van der Waals surface area contributed by atoms with E-state index in [4.69, 9.17) is 4.74 Å². The Bertz CT molecular complexity index is 629. The van der Waals surface area contributed by atoms with Gasteiger partial charge in [0.15, 0.2) is 5.78 Å². The van der Waals surface area contributed by atoms with E-state index in [1.807, 2.05) is 48.5 Å². The minimum absolute atomic E-state index is 0.0458. The number of hydrogen-bond acceptors (Lipinski definition) is 2. The lowest BCUT2D eigenvalue weighted by atomic mass is 10.0. The van der Waals surface area contributed by atoms with Crippen molar-refractivity contribution < 1.29 is 9.53 Å². The summed E-state index contributed by atoms with van der Waals surface area (Å²) >= 11 is 10.6. The van der Waals surface area contributed by atoms with Gasteiger partial charge in [0.05, 0.1) is 21.2 Å². The van der Waals surface area contributed by atoms with Crippen LogP contribution in [0.3, 0.4) is 0 Å². The Morgan fingerprint density at radius 3 is 2.33 bits per heavy atom. The third kappa shape index (κ3) is 3.96. The maximum Gasteiger partial charge on any atom is 0.177 e. The summed E-state index contributed by atoms with van der Waals surface area (Å²) in [5.41, 5.74) is 1.69. The van der Waals surface area contributed by atoms with Gasteiger partial charge >= 0.3 is 0 Å². The first-order valence-electron chi connectivity index (χ1n) is 6.25. The highest BCUT2D eigenvalue weighted by Gasteiger charge is 2.26. The summed E-state index contributed by atoms with van der Waals surface area (Å²) in [6.07, 6.45) is 0. The normalized spacial score (nSPS) is 13.5. The second-order valence-electron chi connectivity index (χ2n) is 4.43. The first-order chi connectivity index (χ1) is 10.0. The van der Waals surface area contributed by atoms with Gasteiger partial charge in [0.2, 0.25) is 0 Å². The molecule has 2 nitrogen and oxygen atoms in total. The number of carbonyl (C=O) groups is 1. The van der Waals surface area contributed by atoms with E-state index in [1.54, 1.807) is 7.11 Å². The molecule has 5 heteroatoms. The molecule has 0 aliphatic carbocycles. The second kappa shape index (κ2) is 7.56. The Morgan fingerprint density at radius 1 is 1.10 bits per heavy atom. The van der Waals surface area contributed by atoms with Crippen molar-refractivity contribution in [2.24, 2.45) is 0 Å². The number of halogens is 3. The van der Waals surface area contributed by atoms with E-state index in [2.05, 4.69) is 47.8 Å². The standard InChI is InChI=1S/C16H13Br3O2/c1-21-13-8-7-11(9-12(13)17)14(18)15(19)16(20)10-5-3-2-4-6-10/h2-9,14-15H,1H3/t14-,15+/m1/s1. The average molecular weight is 477 g/mol. The molecular formula is C16H13Br3O2. The van der Waals surface area contributed by atoms with Gasteiger partial charge in [0.25, 0.3) is 0 Å². The summed E-state index contributed by atoms with van der Waals surface area (Å²) in [4.78, 5) is 12.0. The smallest absolute Gasteiger partial charge is 0.177 e. The molecular weight excluding hydrogens is 464 g/mol. The fourth-order valence-electron chi connectivity index (χ4n) is 1.92. The highest BCUT2D eigenvalue weighted by atomic mass is 79.9. The average Bonchev–Trinajstić information content (AvgIpc) is 2.53. The highest BCUT2D eigenvalue weighted by Crippen LogP contribution is 2.36. The molecule has 0 heterocycles. The van der Waals surface area contributed by atoms with Gasteiger partial charge in [-0.1, -0.05) is 68.3 Å². The summed E-state index contributed by atoms with van der Waals surface area (Å²) in [6.45, 7) is 0. The molecule has 0 aliphatic heterocycles. The topological polar surface area (TPSA) is 26.3 Å². The second-order valence-corrected chi connectivity index (χ2v) is 7.26. The molecule has 0 spiro atoms. The zero-order valence-electron chi connectivity index (χ0n) is 11.2. The van der Waals surface area contributed by atoms with E-state index in [0.717, 1.165) is 15.8 Å². The molecule has 2 atom stereocenters. The molecule has 0 radical (unpaired) electrons. The number of ether oxygens (including phenoxy) is 1. The number of alkyl halides is 2. The molecule has 0 saturated carbocycles. The van der Waals surface area contributed by atoms with Crippen LogP contribution in [-0.4, -0.2) is 17.7 Å². The number of ketones is 1. The summed E-state index contributed by atoms with van der Waals surface area (Å²) < 4.78 is 6.08. The van der Waals surface area contributed by atoms with Gasteiger partial charge in [0.1, 0.15) is 5.75 Å². The first kappa shape index (κ1) is 16.7. The Labute approximate surface area is 149 Å². The predicted octanol–water partition coefficient (Wildman–Crippen LogP) is 5.54. The van der Waals surface area contributed by atoms with Crippen molar-refractivity contribution in [3.05, 3.63) is 64.1 Å². The van der Waals surface area contributed by atoms with Gasteiger partial charge in [-0.15, -0.1) is 0 Å². The fourth-order valence-corrected chi connectivity index (χ4v) is 3.57. The van der Waals surface area contributed by atoms with Crippen LogP contribution in [0, 0.1) is 0 Å². The molecule has 2 rings (SSSR count). The van der Waals surface area contributed by atoms with Crippen molar-refractivity contribution in [1.29, 1.82) is 0 Å². The fraction of sp³-hybridized carbons (Fsp3) is 0.188. The van der Waals surface area contributed by atoms with Crippen molar-refractivity contribution in [3.63, 3.8) is 0 Å². The number of Topliss-reactive ketones (excluding diaryl/α,β-unsaturated/α-hetero) is 1. The maximum absolute atomic E-state index is 12.5. The first-order valence-corrected chi connectivity index (χ1v) is 8.88. The van der Waals surface area contributed by atoms with Gasteiger partial charge in [-0.2, -0.15) is 0 Å². The van der Waals surface area contributed by atoms with E-state index >= 15 is 0 Å². The van der Waals surface area contributed by atoms with Gasteiger partial charge in [0, 0.05) is 5.56 Å². The van der Waals surface area contributed by atoms with E-state index < -0.39 is 0 Å². The molecule has 110 valence electrons. The number of rotatable bonds is 5. The van der Waals surface area contributed by atoms with E-state index in [-0.39, 0.29) is 15.4 Å².